The molecule has 2 N–H and O–H groups in total. The maximum atomic E-state index is 11.6. The van der Waals surface area contributed by atoms with E-state index >= 15 is 0 Å². The first-order valence-corrected chi connectivity index (χ1v) is 7.60. The molecule has 0 fully saturated rings. The van der Waals surface area contributed by atoms with E-state index in [9.17, 15) is 9.59 Å². The Morgan fingerprint density at radius 2 is 1.58 bits per heavy atom. The Kier molecular flexibility index (Phi) is 12.9. The molecular formula is C15H29NO3. The van der Waals surface area contributed by atoms with Crippen LogP contribution in [0, 0.1) is 0 Å². The van der Waals surface area contributed by atoms with Crippen molar-refractivity contribution in [3.05, 3.63) is 0 Å². The maximum Gasteiger partial charge on any atom is 0.220 e. The number of aliphatic hydroxyl groups is 1. The molecule has 112 valence electrons. The number of amides is 1. The van der Waals surface area contributed by atoms with Crippen LogP contribution in [-0.2, 0) is 9.59 Å². The summed E-state index contributed by atoms with van der Waals surface area (Å²) in [5, 5.41) is 11.3. The summed E-state index contributed by atoms with van der Waals surface area (Å²) in [7, 11) is 0. The van der Waals surface area contributed by atoms with E-state index < -0.39 is 0 Å². The third-order valence-electron chi connectivity index (χ3n) is 3.08. The highest BCUT2D eigenvalue weighted by Crippen LogP contribution is 2.08. The van der Waals surface area contributed by atoms with E-state index in [-0.39, 0.29) is 18.3 Å². The molecule has 0 aliphatic carbocycles. The van der Waals surface area contributed by atoms with E-state index in [1.165, 1.54) is 19.3 Å². The monoisotopic (exact) mass is 271 g/mol. The lowest BCUT2D eigenvalue weighted by Crippen LogP contribution is -2.24. The van der Waals surface area contributed by atoms with Gasteiger partial charge in [-0.15, -0.1) is 0 Å². The average Bonchev–Trinajstić information content (AvgIpc) is 2.39. The number of Topliss-reactive ketones (excluding diaryl/α,β-unsaturated/α-hetero) is 1. The number of nitrogens with one attached hydrogen (secondary N) is 1. The third kappa shape index (κ3) is 13.3. The van der Waals surface area contributed by atoms with Crippen LogP contribution in [0.25, 0.3) is 0 Å². The van der Waals surface area contributed by atoms with Crippen molar-refractivity contribution in [1.29, 1.82) is 0 Å². The van der Waals surface area contributed by atoms with Crippen LogP contribution in [0.3, 0.4) is 0 Å². The zero-order chi connectivity index (χ0) is 14.3. The van der Waals surface area contributed by atoms with Gasteiger partial charge in [0.2, 0.25) is 5.91 Å². The fraction of sp³-hybridized carbons (Fsp3) is 0.867. The second-order valence-corrected chi connectivity index (χ2v) is 4.98. The molecule has 1 amide bonds. The number of rotatable bonds is 13. The van der Waals surface area contributed by atoms with Crippen molar-refractivity contribution >= 4 is 11.7 Å². The molecule has 0 saturated carbocycles. The third-order valence-corrected chi connectivity index (χ3v) is 3.08. The van der Waals surface area contributed by atoms with Crippen LogP contribution in [0.4, 0.5) is 0 Å². The molecule has 4 nitrogen and oxygen atoms in total. The fourth-order valence-corrected chi connectivity index (χ4v) is 1.89. The summed E-state index contributed by atoms with van der Waals surface area (Å²) >= 11 is 0. The van der Waals surface area contributed by atoms with Crippen molar-refractivity contribution in [2.75, 3.05) is 13.2 Å². The molecular weight excluding hydrogens is 242 g/mol. The smallest absolute Gasteiger partial charge is 0.220 e. The lowest BCUT2D eigenvalue weighted by molar-refractivity contribution is -0.121. The Morgan fingerprint density at radius 1 is 0.895 bits per heavy atom. The van der Waals surface area contributed by atoms with Gasteiger partial charge in [0.1, 0.15) is 5.78 Å². The van der Waals surface area contributed by atoms with E-state index in [0.29, 0.717) is 38.6 Å². The standard InChI is InChI=1S/C15H29NO3/c1-2-3-4-5-6-9-14(18)10-7-11-15(19)16-12-8-13-17/h17H,2-13H2,1H3,(H,16,19). The highest BCUT2D eigenvalue weighted by molar-refractivity contribution is 5.80. The van der Waals surface area contributed by atoms with Crippen molar-refractivity contribution in [3.63, 3.8) is 0 Å². The molecule has 0 aromatic rings. The van der Waals surface area contributed by atoms with Crippen molar-refractivity contribution in [2.24, 2.45) is 0 Å². The largest absolute Gasteiger partial charge is 0.396 e. The van der Waals surface area contributed by atoms with Crippen molar-refractivity contribution < 1.29 is 14.7 Å². The molecule has 0 atom stereocenters. The first-order valence-electron chi connectivity index (χ1n) is 7.60. The highest BCUT2D eigenvalue weighted by atomic mass is 16.3. The summed E-state index contributed by atoms with van der Waals surface area (Å²) < 4.78 is 0. The van der Waals surface area contributed by atoms with E-state index in [2.05, 4.69) is 12.2 Å². The molecule has 0 saturated heterocycles. The summed E-state index contributed by atoms with van der Waals surface area (Å²) in [4.78, 5) is 22.9. The SMILES string of the molecule is CCCCCCCC(=O)CCCC(=O)NCCCO. The summed E-state index contributed by atoms with van der Waals surface area (Å²) in [6.07, 6.45) is 8.63. The second kappa shape index (κ2) is 13.5. The van der Waals surface area contributed by atoms with Gasteiger partial charge in [-0.05, 0) is 19.3 Å². The molecule has 4 heteroatoms. The van der Waals surface area contributed by atoms with Crippen LogP contribution < -0.4 is 5.32 Å². The van der Waals surface area contributed by atoms with E-state index in [1.54, 1.807) is 0 Å². The summed E-state index contributed by atoms with van der Waals surface area (Å²) in [6.45, 7) is 2.79. The van der Waals surface area contributed by atoms with Gasteiger partial charge in [-0.1, -0.05) is 32.6 Å². The lowest BCUT2D eigenvalue weighted by Gasteiger charge is -2.04. The predicted octanol–water partition coefficient (Wildman–Crippen LogP) is 2.58. The number of ketones is 1. The number of unbranched alkanes of at least 4 members (excludes halogenated alkanes) is 4. The van der Waals surface area contributed by atoms with Gasteiger partial charge >= 0.3 is 0 Å². The van der Waals surface area contributed by atoms with Gasteiger partial charge in [0.25, 0.3) is 0 Å². The van der Waals surface area contributed by atoms with Crippen LogP contribution in [0.5, 0.6) is 0 Å². The second-order valence-electron chi connectivity index (χ2n) is 4.98. The van der Waals surface area contributed by atoms with Crippen molar-refractivity contribution in [1.82, 2.24) is 5.32 Å². The van der Waals surface area contributed by atoms with Gasteiger partial charge in [-0.3, -0.25) is 9.59 Å². The molecule has 0 rings (SSSR count). The number of carbonyl (C=O) groups is 2. The van der Waals surface area contributed by atoms with Crippen LogP contribution in [0.1, 0.15) is 71.1 Å². The van der Waals surface area contributed by atoms with E-state index in [1.807, 2.05) is 0 Å². The minimum absolute atomic E-state index is 0.0239. The molecule has 0 aromatic heterocycles. The van der Waals surface area contributed by atoms with Gasteiger partial charge < -0.3 is 10.4 Å². The average molecular weight is 271 g/mol. The fourth-order valence-electron chi connectivity index (χ4n) is 1.89. The summed E-state index contributed by atoms with van der Waals surface area (Å²) in [6, 6.07) is 0. The van der Waals surface area contributed by atoms with Crippen molar-refractivity contribution in [3.8, 4) is 0 Å². The molecule has 0 radical (unpaired) electrons. The summed E-state index contributed by atoms with van der Waals surface area (Å²) in [5.41, 5.74) is 0. The molecule has 0 aromatic carbocycles. The molecule has 0 heterocycles. The van der Waals surface area contributed by atoms with E-state index in [4.69, 9.17) is 5.11 Å². The molecule has 0 bridgehead atoms. The number of hydrogen-bond acceptors (Lipinski definition) is 3. The zero-order valence-corrected chi connectivity index (χ0v) is 12.2. The van der Waals surface area contributed by atoms with Crippen molar-refractivity contribution in [2.45, 2.75) is 71.1 Å². The first kappa shape index (κ1) is 18.1. The topological polar surface area (TPSA) is 66.4 Å². The Hall–Kier alpha value is -0.900. The Bertz CT molecular complexity index is 242. The Labute approximate surface area is 117 Å². The molecule has 0 aliphatic heterocycles. The minimum atomic E-state index is -0.0239. The molecule has 0 spiro atoms. The number of aliphatic hydroxyl groups excluding tert-OH is 1. The van der Waals surface area contributed by atoms with Gasteiger partial charge in [0, 0.05) is 32.4 Å². The highest BCUT2D eigenvalue weighted by Gasteiger charge is 2.05. The number of hydrogen-bond donors (Lipinski definition) is 2. The van der Waals surface area contributed by atoms with Crippen LogP contribution in [0.2, 0.25) is 0 Å². The lowest BCUT2D eigenvalue weighted by atomic mass is 10.1. The van der Waals surface area contributed by atoms with Gasteiger partial charge in [0.05, 0.1) is 0 Å². The van der Waals surface area contributed by atoms with Crippen LogP contribution >= 0.6 is 0 Å². The Balaban J connectivity index is 3.34. The number of carbonyl (C=O) groups excluding carboxylic acids is 2. The molecule has 0 aliphatic rings. The van der Waals surface area contributed by atoms with E-state index in [0.717, 1.165) is 12.8 Å². The first-order chi connectivity index (χ1) is 9.20. The van der Waals surface area contributed by atoms with Gasteiger partial charge in [-0.2, -0.15) is 0 Å². The summed E-state index contributed by atoms with van der Waals surface area (Å²) in [5.74, 6) is 0.254. The van der Waals surface area contributed by atoms with Crippen LogP contribution in [0.15, 0.2) is 0 Å². The molecule has 19 heavy (non-hydrogen) atoms. The zero-order valence-electron chi connectivity index (χ0n) is 12.2. The normalized spacial score (nSPS) is 10.4. The molecule has 0 unspecified atom stereocenters. The maximum absolute atomic E-state index is 11.6. The van der Waals surface area contributed by atoms with Crippen LogP contribution in [-0.4, -0.2) is 29.9 Å². The van der Waals surface area contributed by atoms with Gasteiger partial charge in [0.15, 0.2) is 0 Å². The quantitative estimate of drug-likeness (QED) is 0.506. The minimum Gasteiger partial charge on any atom is -0.396 e. The Morgan fingerprint density at radius 3 is 2.26 bits per heavy atom. The van der Waals surface area contributed by atoms with Gasteiger partial charge in [-0.25, -0.2) is 0 Å². The predicted molar refractivity (Wildman–Crippen MR) is 76.9 cm³/mol.